The molecule has 0 radical (unpaired) electrons. The number of aldehydes is 1. The average Bonchev–Trinajstić information content (AvgIpc) is 2.27. The second-order valence-corrected chi connectivity index (χ2v) is 4.01. The zero-order chi connectivity index (χ0) is 12.3. The number of carbonyl (C=O) groups excluding carboxylic acids is 1. The fourth-order valence-electron chi connectivity index (χ4n) is 1.76. The van der Waals surface area contributed by atoms with Gasteiger partial charge in [0, 0.05) is 17.5 Å². The van der Waals surface area contributed by atoms with E-state index in [9.17, 15) is 9.90 Å². The molecule has 4 heteroatoms. The molecular formula is C12H15ClO3. The Morgan fingerprint density at radius 3 is 2.50 bits per heavy atom. The Bertz CT molecular complexity index is 413. The smallest absolute Gasteiger partial charge is 0.165 e. The van der Waals surface area contributed by atoms with Gasteiger partial charge in [0.15, 0.2) is 11.5 Å². The van der Waals surface area contributed by atoms with Crippen LogP contribution in [0.3, 0.4) is 0 Å². The lowest BCUT2D eigenvalue weighted by Gasteiger charge is -2.16. The lowest BCUT2D eigenvalue weighted by atomic mass is 9.99. The third-order valence-electron chi connectivity index (χ3n) is 2.67. The summed E-state index contributed by atoms with van der Waals surface area (Å²) in [5.74, 6) is 0.472. The number of benzene rings is 1. The van der Waals surface area contributed by atoms with Crippen LogP contribution >= 0.6 is 11.6 Å². The zero-order valence-corrected chi connectivity index (χ0v) is 10.4. The predicted octanol–water partition coefficient (Wildman–Crippen LogP) is 2.80. The number of aromatic hydroxyl groups is 1. The van der Waals surface area contributed by atoms with Crippen molar-refractivity contribution < 1.29 is 14.6 Å². The van der Waals surface area contributed by atoms with Crippen molar-refractivity contribution in [1.29, 1.82) is 0 Å². The van der Waals surface area contributed by atoms with Crippen LogP contribution < -0.4 is 4.74 Å². The van der Waals surface area contributed by atoms with Gasteiger partial charge in [-0.15, -0.1) is 0 Å². The number of hydrogen-bond donors (Lipinski definition) is 1. The van der Waals surface area contributed by atoms with E-state index >= 15 is 0 Å². The van der Waals surface area contributed by atoms with Gasteiger partial charge in [-0.25, -0.2) is 0 Å². The van der Waals surface area contributed by atoms with Gasteiger partial charge in [0.1, 0.15) is 6.29 Å². The lowest BCUT2D eigenvalue weighted by molar-refractivity contribution is -0.107. The van der Waals surface area contributed by atoms with E-state index in [1.807, 2.05) is 6.92 Å². The van der Waals surface area contributed by atoms with E-state index in [0.717, 1.165) is 11.8 Å². The maximum Gasteiger partial charge on any atom is 0.165 e. The predicted molar refractivity (Wildman–Crippen MR) is 63.5 cm³/mol. The fourth-order valence-corrected chi connectivity index (χ4v) is 1.96. The molecule has 1 rings (SSSR count). The first-order chi connectivity index (χ1) is 7.54. The van der Waals surface area contributed by atoms with Crippen LogP contribution in [0, 0.1) is 13.8 Å². The minimum absolute atomic E-state index is 0.0868. The van der Waals surface area contributed by atoms with Gasteiger partial charge in [-0.3, -0.25) is 0 Å². The number of halogens is 1. The summed E-state index contributed by atoms with van der Waals surface area (Å²) in [7, 11) is 1.48. The molecule has 0 heterocycles. The summed E-state index contributed by atoms with van der Waals surface area (Å²) in [6.07, 6.45) is 1.65. The Balaban J connectivity index is 3.36. The van der Waals surface area contributed by atoms with Crippen LogP contribution in [0.25, 0.3) is 0 Å². The lowest BCUT2D eigenvalue weighted by Crippen LogP contribution is -1.98. The Kier molecular flexibility index (Phi) is 4.19. The molecule has 0 bridgehead atoms. The van der Waals surface area contributed by atoms with Crippen LogP contribution in [0.4, 0.5) is 0 Å². The van der Waals surface area contributed by atoms with Crippen molar-refractivity contribution in [2.45, 2.75) is 26.7 Å². The molecule has 0 atom stereocenters. The molecule has 3 nitrogen and oxygen atoms in total. The average molecular weight is 243 g/mol. The Hall–Kier alpha value is -1.22. The number of methoxy groups -OCH3 is 1. The summed E-state index contributed by atoms with van der Waals surface area (Å²) in [6.45, 7) is 3.62. The Labute approximate surface area is 100.0 Å². The molecule has 0 aliphatic rings. The highest BCUT2D eigenvalue weighted by atomic mass is 35.5. The standard InChI is InChI=1S/C12H15ClO3/c1-7-9(5-4-6-14)11(15)12(16-3)8(2)10(7)13/h6,15H,4-5H2,1-3H3. The van der Waals surface area contributed by atoms with Crippen molar-refractivity contribution in [3.05, 3.63) is 21.7 Å². The molecule has 0 spiro atoms. The van der Waals surface area contributed by atoms with Crippen LogP contribution in [0.1, 0.15) is 23.1 Å². The van der Waals surface area contributed by atoms with Gasteiger partial charge in [-0.1, -0.05) is 11.6 Å². The first-order valence-corrected chi connectivity index (χ1v) is 5.40. The molecule has 0 unspecified atom stereocenters. The highest BCUT2D eigenvalue weighted by Gasteiger charge is 2.18. The van der Waals surface area contributed by atoms with Crippen molar-refractivity contribution in [1.82, 2.24) is 0 Å². The van der Waals surface area contributed by atoms with Gasteiger partial charge in [-0.05, 0) is 25.8 Å². The summed E-state index contributed by atoms with van der Waals surface area (Å²) in [6, 6.07) is 0. The van der Waals surface area contributed by atoms with Gasteiger partial charge in [0.05, 0.1) is 12.1 Å². The molecule has 1 aromatic carbocycles. The van der Waals surface area contributed by atoms with Crippen LogP contribution in [0.5, 0.6) is 11.5 Å². The number of carbonyl (C=O) groups is 1. The number of phenols is 1. The fraction of sp³-hybridized carbons (Fsp3) is 0.417. The van der Waals surface area contributed by atoms with Crippen molar-refractivity contribution >= 4 is 17.9 Å². The second kappa shape index (κ2) is 5.21. The molecule has 0 aliphatic heterocycles. The van der Waals surface area contributed by atoms with E-state index in [0.29, 0.717) is 34.7 Å². The van der Waals surface area contributed by atoms with Gasteiger partial charge < -0.3 is 14.6 Å². The highest BCUT2D eigenvalue weighted by molar-refractivity contribution is 6.32. The maximum atomic E-state index is 10.4. The summed E-state index contributed by atoms with van der Waals surface area (Å²) >= 11 is 6.14. The number of rotatable bonds is 4. The monoisotopic (exact) mass is 242 g/mol. The summed E-state index contributed by atoms with van der Waals surface area (Å²) in [4.78, 5) is 10.4. The van der Waals surface area contributed by atoms with Crippen molar-refractivity contribution in [2.75, 3.05) is 7.11 Å². The first-order valence-electron chi connectivity index (χ1n) is 5.02. The summed E-state index contributed by atoms with van der Waals surface area (Å²) < 4.78 is 5.11. The van der Waals surface area contributed by atoms with E-state index in [4.69, 9.17) is 16.3 Å². The largest absolute Gasteiger partial charge is 0.504 e. The van der Waals surface area contributed by atoms with Crippen molar-refractivity contribution in [2.24, 2.45) is 0 Å². The van der Waals surface area contributed by atoms with E-state index in [1.54, 1.807) is 6.92 Å². The van der Waals surface area contributed by atoms with Crippen LogP contribution in [0.2, 0.25) is 5.02 Å². The normalized spacial score (nSPS) is 10.2. The molecular weight excluding hydrogens is 228 g/mol. The van der Waals surface area contributed by atoms with E-state index in [-0.39, 0.29) is 5.75 Å². The first kappa shape index (κ1) is 12.8. The van der Waals surface area contributed by atoms with E-state index in [1.165, 1.54) is 7.11 Å². The SMILES string of the molecule is COc1c(C)c(Cl)c(C)c(CCC=O)c1O. The topological polar surface area (TPSA) is 46.5 Å². The minimum Gasteiger partial charge on any atom is -0.504 e. The summed E-state index contributed by atoms with van der Waals surface area (Å²) in [5.41, 5.74) is 2.20. The molecule has 16 heavy (non-hydrogen) atoms. The Morgan fingerprint density at radius 2 is 2.00 bits per heavy atom. The number of phenolic OH excluding ortho intramolecular Hbond substituents is 1. The molecule has 0 saturated carbocycles. The second-order valence-electron chi connectivity index (χ2n) is 3.63. The molecule has 0 amide bonds. The van der Waals surface area contributed by atoms with E-state index in [2.05, 4.69) is 0 Å². The molecule has 1 N–H and O–H groups in total. The maximum absolute atomic E-state index is 10.4. The van der Waals surface area contributed by atoms with Gasteiger partial charge in [0.2, 0.25) is 0 Å². The van der Waals surface area contributed by atoms with Gasteiger partial charge in [-0.2, -0.15) is 0 Å². The third kappa shape index (κ3) is 2.14. The zero-order valence-electron chi connectivity index (χ0n) is 9.63. The molecule has 88 valence electrons. The van der Waals surface area contributed by atoms with Crippen LogP contribution in [0.15, 0.2) is 0 Å². The van der Waals surface area contributed by atoms with Crippen molar-refractivity contribution in [3.8, 4) is 11.5 Å². The Morgan fingerprint density at radius 1 is 1.38 bits per heavy atom. The van der Waals surface area contributed by atoms with Gasteiger partial charge >= 0.3 is 0 Å². The summed E-state index contributed by atoms with van der Waals surface area (Å²) in [5, 5.41) is 10.6. The molecule has 0 aromatic heterocycles. The van der Waals surface area contributed by atoms with Crippen LogP contribution in [-0.2, 0) is 11.2 Å². The molecule has 0 fully saturated rings. The third-order valence-corrected chi connectivity index (χ3v) is 3.24. The van der Waals surface area contributed by atoms with Gasteiger partial charge in [0.25, 0.3) is 0 Å². The quantitative estimate of drug-likeness (QED) is 0.826. The molecule has 0 saturated heterocycles. The highest BCUT2D eigenvalue weighted by Crippen LogP contribution is 2.41. The molecule has 1 aromatic rings. The number of hydrogen-bond acceptors (Lipinski definition) is 3. The van der Waals surface area contributed by atoms with Crippen molar-refractivity contribution in [3.63, 3.8) is 0 Å². The minimum atomic E-state index is 0.0868. The number of ether oxygens (including phenoxy) is 1. The molecule has 0 aliphatic carbocycles. The van der Waals surface area contributed by atoms with Crippen LogP contribution in [-0.4, -0.2) is 18.5 Å². The van der Waals surface area contributed by atoms with E-state index < -0.39 is 0 Å².